The molecular formula is C27H30FN3O. The lowest BCUT2D eigenvalue weighted by Gasteiger charge is -2.57. The van der Waals surface area contributed by atoms with Gasteiger partial charge in [0.25, 0.3) is 0 Å². The molecule has 2 fully saturated rings. The second-order valence-electron chi connectivity index (χ2n) is 9.01. The van der Waals surface area contributed by atoms with Crippen molar-refractivity contribution in [1.82, 2.24) is 14.8 Å². The standard InChI is InChI=1S/C27H30FN3O/c28-24-9-7-22(8-10-24)21-3-5-23(6-4-21)27-25-18-30(17-20-11-13-29-14-12-20)15-1-2-16-31(25)26(27)19-32/h3-14,25-27,32H,1-2,15-19H2/t25-,26-,27+/m1/s1. The molecule has 2 saturated heterocycles. The Kier molecular flexibility index (Phi) is 6.30. The number of hydrogen-bond donors (Lipinski definition) is 1. The highest BCUT2D eigenvalue weighted by atomic mass is 19.1. The second-order valence-corrected chi connectivity index (χ2v) is 9.01. The molecule has 0 spiro atoms. The van der Waals surface area contributed by atoms with E-state index in [-0.39, 0.29) is 18.5 Å². The molecule has 32 heavy (non-hydrogen) atoms. The third kappa shape index (κ3) is 4.33. The molecule has 0 unspecified atom stereocenters. The van der Waals surface area contributed by atoms with Gasteiger partial charge in [0.1, 0.15) is 5.82 Å². The predicted octanol–water partition coefficient (Wildman–Crippen LogP) is 4.31. The molecule has 0 radical (unpaired) electrons. The van der Waals surface area contributed by atoms with E-state index >= 15 is 0 Å². The minimum absolute atomic E-state index is 0.178. The molecule has 0 saturated carbocycles. The van der Waals surface area contributed by atoms with Crippen LogP contribution in [0, 0.1) is 5.82 Å². The fraction of sp³-hybridized carbons (Fsp3) is 0.370. The lowest BCUT2D eigenvalue weighted by atomic mass is 9.74. The average Bonchev–Trinajstić information content (AvgIpc) is 2.81. The van der Waals surface area contributed by atoms with Gasteiger partial charge in [0.05, 0.1) is 6.61 Å². The summed E-state index contributed by atoms with van der Waals surface area (Å²) in [6.45, 7) is 4.29. The number of pyridine rings is 1. The Morgan fingerprint density at radius 1 is 0.875 bits per heavy atom. The smallest absolute Gasteiger partial charge is 0.123 e. The summed E-state index contributed by atoms with van der Waals surface area (Å²) in [5, 5.41) is 10.2. The Balaban J connectivity index is 1.35. The third-order valence-electron chi connectivity index (χ3n) is 7.08. The van der Waals surface area contributed by atoms with Gasteiger partial charge < -0.3 is 5.11 Å². The van der Waals surface area contributed by atoms with Crippen molar-refractivity contribution < 1.29 is 9.50 Å². The number of aliphatic hydroxyl groups excluding tert-OH is 1. The van der Waals surface area contributed by atoms with E-state index in [1.807, 2.05) is 24.5 Å². The van der Waals surface area contributed by atoms with Gasteiger partial charge in [-0.3, -0.25) is 14.8 Å². The fourth-order valence-corrected chi connectivity index (χ4v) is 5.44. The Hall–Kier alpha value is -2.60. The molecule has 5 rings (SSSR count). The number of aliphatic hydroxyl groups is 1. The van der Waals surface area contributed by atoms with E-state index in [0.717, 1.165) is 43.7 Å². The number of hydrogen-bond acceptors (Lipinski definition) is 4. The Bertz CT molecular complexity index is 1010. The van der Waals surface area contributed by atoms with E-state index in [2.05, 4.69) is 51.2 Å². The zero-order valence-electron chi connectivity index (χ0n) is 18.3. The largest absolute Gasteiger partial charge is 0.395 e. The normalized spacial score (nSPS) is 24.2. The van der Waals surface area contributed by atoms with E-state index in [9.17, 15) is 9.50 Å². The summed E-state index contributed by atoms with van der Waals surface area (Å²) in [4.78, 5) is 9.21. The van der Waals surface area contributed by atoms with Crippen LogP contribution >= 0.6 is 0 Å². The van der Waals surface area contributed by atoms with Gasteiger partial charge in [0, 0.05) is 43.5 Å². The van der Waals surface area contributed by atoms with Crippen LogP contribution in [0.5, 0.6) is 0 Å². The third-order valence-corrected chi connectivity index (χ3v) is 7.08. The Morgan fingerprint density at radius 2 is 1.53 bits per heavy atom. The summed E-state index contributed by atoms with van der Waals surface area (Å²) in [5.74, 6) is 0.103. The lowest BCUT2D eigenvalue weighted by molar-refractivity contribution is -0.0655. The summed E-state index contributed by atoms with van der Waals surface area (Å²) >= 11 is 0. The van der Waals surface area contributed by atoms with E-state index in [1.54, 1.807) is 0 Å². The van der Waals surface area contributed by atoms with Crippen LogP contribution in [0.2, 0.25) is 0 Å². The minimum atomic E-state index is -0.216. The molecule has 1 aromatic heterocycles. The SMILES string of the molecule is OC[C@@H]1[C@@H](c2ccc(-c3ccc(F)cc3)cc2)[C@H]2CN(Cc3ccncc3)CCCCN12. The van der Waals surface area contributed by atoms with Gasteiger partial charge in [-0.05, 0) is 72.5 Å². The van der Waals surface area contributed by atoms with Crippen LogP contribution in [0.25, 0.3) is 11.1 Å². The van der Waals surface area contributed by atoms with Gasteiger partial charge in [-0.15, -0.1) is 0 Å². The van der Waals surface area contributed by atoms with Crippen LogP contribution in [-0.2, 0) is 6.54 Å². The molecule has 166 valence electrons. The van der Waals surface area contributed by atoms with Gasteiger partial charge in [-0.2, -0.15) is 0 Å². The summed E-state index contributed by atoms with van der Waals surface area (Å²) < 4.78 is 13.3. The van der Waals surface area contributed by atoms with Crippen LogP contribution in [0.1, 0.15) is 29.9 Å². The van der Waals surface area contributed by atoms with Crippen molar-refractivity contribution in [3.8, 4) is 11.1 Å². The summed E-state index contributed by atoms with van der Waals surface area (Å²) in [7, 11) is 0. The zero-order valence-corrected chi connectivity index (χ0v) is 18.3. The van der Waals surface area contributed by atoms with Gasteiger partial charge in [-0.25, -0.2) is 4.39 Å². The van der Waals surface area contributed by atoms with Crippen molar-refractivity contribution in [2.24, 2.45) is 0 Å². The van der Waals surface area contributed by atoms with E-state index in [1.165, 1.54) is 29.7 Å². The van der Waals surface area contributed by atoms with Gasteiger partial charge in [0.15, 0.2) is 0 Å². The van der Waals surface area contributed by atoms with Gasteiger partial charge in [-0.1, -0.05) is 36.4 Å². The fourth-order valence-electron chi connectivity index (χ4n) is 5.44. The molecule has 3 atom stereocenters. The maximum absolute atomic E-state index is 13.3. The van der Waals surface area contributed by atoms with E-state index < -0.39 is 0 Å². The number of rotatable bonds is 5. The number of halogens is 1. The first-order chi connectivity index (χ1) is 15.7. The maximum Gasteiger partial charge on any atom is 0.123 e. The number of aromatic nitrogens is 1. The second kappa shape index (κ2) is 9.49. The number of fused-ring (bicyclic) bond motifs is 1. The molecule has 1 N–H and O–H groups in total. The highest BCUT2D eigenvalue weighted by Gasteiger charge is 2.48. The van der Waals surface area contributed by atoms with E-state index in [4.69, 9.17) is 0 Å². The van der Waals surface area contributed by atoms with E-state index in [0.29, 0.717) is 12.0 Å². The average molecular weight is 432 g/mol. The van der Waals surface area contributed by atoms with Gasteiger partial charge in [0.2, 0.25) is 0 Å². The summed E-state index contributed by atoms with van der Waals surface area (Å²) in [6, 6.07) is 20.0. The molecule has 5 heteroatoms. The molecule has 0 aliphatic carbocycles. The van der Waals surface area contributed by atoms with Crippen LogP contribution in [0.3, 0.4) is 0 Å². The van der Waals surface area contributed by atoms with Gasteiger partial charge >= 0.3 is 0 Å². The molecule has 2 aliphatic rings. The summed E-state index contributed by atoms with van der Waals surface area (Å²) in [6.07, 6.45) is 6.07. The summed E-state index contributed by atoms with van der Waals surface area (Å²) in [5.41, 5.74) is 4.68. The van der Waals surface area contributed by atoms with Crippen molar-refractivity contribution in [2.45, 2.75) is 37.4 Å². The molecule has 0 amide bonds. The number of nitrogens with zero attached hydrogens (tertiary/aromatic N) is 3. The molecule has 3 aromatic rings. The molecule has 4 nitrogen and oxygen atoms in total. The molecular weight excluding hydrogens is 401 g/mol. The predicted molar refractivity (Wildman–Crippen MR) is 125 cm³/mol. The molecule has 2 aliphatic heterocycles. The van der Waals surface area contributed by atoms with Crippen molar-refractivity contribution in [3.05, 3.63) is 90.0 Å². The molecule has 3 heterocycles. The van der Waals surface area contributed by atoms with Crippen molar-refractivity contribution in [1.29, 1.82) is 0 Å². The first kappa shape index (κ1) is 21.3. The quantitative estimate of drug-likeness (QED) is 0.653. The van der Waals surface area contributed by atoms with Crippen molar-refractivity contribution >= 4 is 0 Å². The van der Waals surface area contributed by atoms with Crippen molar-refractivity contribution in [3.63, 3.8) is 0 Å². The Morgan fingerprint density at radius 3 is 2.22 bits per heavy atom. The number of benzene rings is 2. The highest BCUT2D eigenvalue weighted by Crippen LogP contribution is 2.42. The zero-order chi connectivity index (χ0) is 21.9. The Labute approximate surface area is 189 Å². The van der Waals surface area contributed by atoms with Crippen LogP contribution < -0.4 is 0 Å². The van der Waals surface area contributed by atoms with Crippen molar-refractivity contribution in [2.75, 3.05) is 26.2 Å². The monoisotopic (exact) mass is 431 g/mol. The molecule has 0 bridgehead atoms. The molecule has 2 aromatic carbocycles. The van der Waals surface area contributed by atoms with Crippen LogP contribution in [0.15, 0.2) is 73.1 Å². The maximum atomic E-state index is 13.3. The van der Waals surface area contributed by atoms with Crippen LogP contribution in [0.4, 0.5) is 4.39 Å². The topological polar surface area (TPSA) is 39.6 Å². The minimum Gasteiger partial charge on any atom is -0.395 e. The van der Waals surface area contributed by atoms with Crippen LogP contribution in [-0.4, -0.2) is 58.2 Å². The highest BCUT2D eigenvalue weighted by molar-refractivity contribution is 5.63. The first-order valence-corrected chi connectivity index (χ1v) is 11.6. The lowest BCUT2D eigenvalue weighted by Crippen LogP contribution is -2.67. The first-order valence-electron chi connectivity index (χ1n) is 11.6.